The third-order valence-electron chi connectivity index (χ3n) is 9.36. The van der Waals surface area contributed by atoms with Crippen LogP contribution in [0.5, 0.6) is 0 Å². The number of fused-ring (bicyclic) bond motifs is 1. The molecule has 2 aromatic rings. The first-order valence-electron chi connectivity index (χ1n) is 16.1. The van der Waals surface area contributed by atoms with Crippen molar-refractivity contribution in [3.8, 4) is 0 Å². The quantitative estimate of drug-likeness (QED) is 0.154. The highest BCUT2D eigenvalue weighted by Gasteiger charge is 2.77. The van der Waals surface area contributed by atoms with Gasteiger partial charge in [0.25, 0.3) is 5.91 Å². The highest BCUT2D eigenvalue weighted by Crippen LogP contribution is 2.60. The van der Waals surface area contributed by atoms with E-state index in [9.17, 15) is 24.3 Å². The van der Waals surface area contributed by atoms with Gasteiger partial charge in [-0.05, 0) is 56.0 Å². The predicted octanol–water partition coefficient (Wildman–Crippen LogP) is 4.74. The highest BCUT2D eigenvalue weighted by molar-refractivity contribution is 9.09. The molecule has 3 aliphatic rings. The number of hydrogen-bond donors (Lipinski definition) is 2. The van der Waals surface area contributed by atoms with Gasteiger partial charge in [-0.2, -0.15) is 0 Å². The van der Waals surface area contributed by atoms with Gasteiger partial charge < -0.3 is 29.7 Å². The predicted molar refractivity (Wildman–Crippen MR) is 185 cm³/mol. The Balaban J connectivity index is 1.49. The highest BCUT2D eigenvalue weighted by atomic mass is 79.9. The van der Waals surface area contributed by atoms with Crippen molar-refractivity contribution in [3.63, 3.8) is 0 Å². The molecule has 3 fully saturated rings. The summed E-state index contributed by atoms with van der Waals surface area (Å²) in [5.41, 5.74) is -0.0903. The van der Waals surface area contributed by atoms with E-state index in [2.05, 4.69) is 34.4 Å². The standard InChI is InChI=1S/C36H41BrClN3O7/c1-4-6-13-27(43)39-22(3)30(23-11-8-7-9-12-23)47-35(46)28-29-33(44)41(19-10-20-42)32(36(29)21-26(37)31(28)48-36)34(45)40(18-5-2)25-16-14-24(38)15-17-25/h4-5,7-9,11-12,14-17,22,26,28-32,42H,1-2,6,10,13,18-21H2,3H3,(H,39,43)/t22-,26?,28-,29+,30-,31-,32-,36+/m1/s1. The Bertz CT molecular complexity index is 1530. The van der Waals surface area contributed by atoms with Crippen molar-refractivity contribution in [3.05, 3.63) is 90.5 Å². The number of likely N-dealkylation sites (tertiary alicyclic amines) is 1. The Morgan fingerprint density at radius 1 is 1.19 bits per heavy atom. The van der Waals surface area contributed by atoms with Crippen LogP contribution in [0.2, 0.25) is 5.02 Å². The van der Waals surface area contributed by atoms with Crippen molar-refractivity contribution >= 4 is 56.9 Å². The molecule has 3 saturated heterocycles. The minimum absolute atomic E-state index is 0.0930. The molecule has 256 valence electrons. The minimum atomic E-state index is -1.33. The van der Waals surface area contributed by atoms with E-state index in [1.54, 1.807) is 43.3 Å². The molecular weight excluding hydrogens is 702 g/mol. The molecular formula is C36H41BrClN3O7. The summed E-state index contributed by atoms with van der Waals surface area (Å²) >= 11 is 9.83. The Morgan fingerprint density at radius 3 is 2.54 bits per heavy atom. The van der Waals surface area contributed by atoms with Crippen LogP contribution in [0.1, 0.15) is 44.3 Å². The number of aliphatic hydroxyl groups excluding tert-OH is 1. The molecule has 2 aromatic carbocycles. The summed E-state index contributed by atoms with van der Waals surface area (Å²) in [5, 5.41) is 13.1. The fourth-order valence-corrected chi connectivity index (χ4v) is 8.39. The fraction of sp³-hybridized carbons (Fsp3) is 0.444. The largest absolute Gasteiger partial charge is 0.455 e. The third kappa shape index (κ3) is 6.83. The summed E-state index contributed by atoms with van der Waals surface area (Å²) in [6, 6.07) is 14.2. The Hall–Kier alpha value is -3.51. The SMILES string of the molecule is C=CCCC(=O)N[C@H](C)[C@@H](OC(=O)[C@H]1[C@@H]2O[C@@]3(CC2Br)[C@@H]1C(=O)N(CCCO)[C@@H]3C(=O)N(CC=C)c1ccc(Cl)cc1)c1ccccc1. The molecule has 1 spiro atoms. The van der Waals surface area contributed by atoms with Crippen LogP contribution >= 0.6 is 27.5 Å². The number of halogens is 2. The topological polar surface area (TPSA) is 125 Å². The van der Waals surface area contributed by atoms with Gasteiger partial charge in [-0.3, -0.25) is 19.2 Å². The summed E-state index contributed by atoms with van der Waals surface area (Å²) in [6.45, 7) is 9.32. The van der Waals surface area contributed by atoms with E-state index in [1.807, 2.05) is 30.3 Å². The molecule has 48 heavy (non-hydrogen) atoms. The van der Waals surface area contributed by atoms with Gasteiger partial charge in [0.15, 0.2) is 0 Å². The average Bonchev–Trinajstić information content (AvgIpc) is 3.67. The number of ether oxygens (including phenoxy) is 2. The van der Waals surface area contributed by atoms with E-state index in [4.69, 9.17) is 21.1 Å². The second-order valence-corrected chi connectivity index (χ2v) is 14.1. The van der Waals surface area contributed by atoms with Crippen LogP contribution in [-0.2, 0) is 28.7 Å². The number of benzene rings is 2. The van der Waals surface area contributed by atoms with Gasteiger partial charge in [-0.1, -0.05) is 70.0 Å². The second kappa shape index (κ2) is 15.4. The first kappa shape index (κ1) is 35.8. The van der Waals surface area contributed by atoms with Crippen LogP contribution < -0.4 is 10.2 Å². The molecule has 10 nitrogen and oxygen atoms in total. The lowest BCUT2D eigenvalue weighted by molar-refractivity contribution is -0.162. The van der Waals surface area contributed by atoms with Crippen molar-refractivity contribution in [2.75, 3.05) is 24.6 Å². The van der Waals surface area contributed by atoms with Crippen LogP contribution in [0.15, 0.2) is 79.9 Å². The number of hydrogen-bond acceptors (Lipinski definition) is 7. The third-order valence-corrected chi connectivity index (χ3v) is 10.5. The minimum Gasteiger partial charge on any atom is -0.455 e. The Kier molecular flexibility index (Phi) is 11.5. The molecule has 0 saturated carbocycles. The molecule has 0 aromatic heterocycles. The molecule has 0 radical (unpaired) electrons. The van der Waals surface area contributed by atoms with Crippen molar-refractivity contribution < 1.29 is 33.8 Å². The number of carbonyl (C=O) groups is 4. The maximum Gasteiger partial charge on any atom is 0.313 e. The van der Waals surface area contributed by atoms with Crippen molar-refractivity contribution in [2.24, 2.45) is 11.8 Å². The molecule has 2 bridgehead atoms. The summed E-state index contributed by atoms with van der Waals surface area (Å²) in [4.78, 5) is 58.6. The zero-order valence-corrected chi connectivity index (χ0v) is 29.1. The second-order valence-electron chi connectivity index (χ2n) is 12.4. The monoisotopic (exact) mass is 741 g/mol. The Morgan fingerprint density at radius 2 is 1.90 bits per heavy atom. The molecule has 3 heterocycles. The van der Waals surface area contributed by atoms with E-state index in [0.29, 0.717) is 29.1 Å². The smallest absolute Gasteiger partial charge is 0.313 e. The summed E-state index contributed by atoms with van der Waals surface area (Å²) in [7, 11) is 0. The molecule has 5 rings (SSSR count). The zero-order valence-electron chi connectivity index (χ0n) is 26.8. The van der Waals surface area contributed by atoms with Gasteiger partial charge in [-0.15, -0.1) is 13.2 Å². The summed E-state index contributed by atoms with van der Waals surface area (Å²) in [6.07, 6.45) is 2.94. The molecule has 3 amide bonds. The number of nitrogens with zero attached hydrogens (tertiary/aromatic N) is 2. The zero-order chi connectivity index (χ0) is 34.6. The lowest BCUT2D eigenvalue weighted by Crippen LogP contribution is -2.57. The number of esters is 1. The first-order chi connectivity index (χ1) is 23.1. The van der Waals surface area contributed by atoms with Gasteiger partial charge in [0.1, 0.15) is 17.7 Å². The first-order valence-corrected chi connectivity index (χ1v) is 17.4. The van der Waals surface area contributed by atoms with Crippen LogP contribution in [0.3, 0.4) is 0 Å². The number of amides is 3. The molecule has 0 aliphatic carbocycles. The number of aliphatic hydroxyl groups is 1. The van der Waals surface area contributed by atoms with E-state index < -0.39 is 59.5 Å². The number of rotatable bonds is 15. The fourth-order valence-electron chi connectivity index (χ4n) is 7.32. The van der Waals surface area contributed by atoms with Gasteiger partial charge in [0.05, 0.1) is 24.0 Å². The van der Waals surface area contributed by atoms with E-state index in [0.717, 1.165) is 0 Å². The van der Waals surface area contributed by atoms with E-state index in [-0.39, 0.29) is 43.3 Å². The van der Waals surface area contributed by atoms with Crippen LogP contribution in [0.25, 0.3) is 0 Å². The Labute approximate surface area is 294 Å². The molecule has 8 atom stereocenters. The normalized spacial score (nSPS) is 26.8. The van der Waals surface area contributed by atoms with Gasteiger partial charge in [0, 0.05) is 41.7 Å². The van der Waals surface area contributed by atoms with Gasteiger partial charge >= 0.3 is 5.97 Å². The van der Waals surface area contributed by atoms with E-state index >= 15 is 0 Å². The summed E-state index contributed by atoms with van der Waals surface area (Å²) < 4.78 is 12.9. The maximum atomic E-state index is 14.6. The van der Waals surface area contributed by atoms with Gasteiger partial charge in [0.2, 0.25) is 11.8 Å². The molecule has 1 unspecified atom stereocenters. The summed E-state index contributed by atoms with van der Waals surface area (Å²) in [5.74, 6) is -3.68. The molecule has 2 N–H and O–H groups in total. The maximum absolute atomic E-state index is 14.6. The lowest BCUT2D eigenvalue weighted by Gasteiger charge is -2.37. The number of alkyl halides is 1. The van der Waals surface area contributed by atoms with Crippen LogP contribution in [-0.4, -0.2) is 82.0 Å². The number of nitrogens with one attached hydrogen (secondary N) is 1. The van der Waals surface area contributed by atoms with Crippen molar-refractivity contribution in [1.82, 2.24) is 10.2 Å². The van der Waals surface area contributed by atoms with Gasteiger partial charge in [-0.25, -0.2) is 0 Å². The van der Waals surface area contributed by atoms with Crippen LogP contribution in [0.4, 0.5) is 5.69 Å². The number of allylic oxidation sites excluding steroid dienone is 1. The van der Waals surface area contributed by atoms with Crippen molar-refractivity contribution in [2.45, 2.75) is 67.3 Å². The number of carbonyl (C=O) groups excluding carboxylic acids is 4. The van der Waals surface area contributed by atoms with E-state index in [1.165, 1.54) is 9.80 Å². The molecule has 12 heteroatoms. The lowest BCUT2D eigenvalue weighted by atomic mass is 9.70. The van der Waals surface area contributed by atoms with Crippen LogP contribution in [0, 0.1) is 11.8 Å². The average molecular weight is 743 g/mol. The molecule has 3 aliphatic heterocycles. The van der Waals surface area contributed by atoms with Crippen molar-refractivity contribution in [1.29, 1.82) is 0 Å². The number of anilines is 1.